The normalized spacial score (nSPS) is 12.5. The quantitative estimate of drug-likeness (QED) is 0.0815. The molecule has 0 aliphatic heterocycles. The third kappa shape index (κ3) is 19.2. The van der Waals surface area contributed by atoms with Gasteiger partial charge in [0.25, 0.3) is 0 Å². The fourth-order valence-corrected chi connectivity index (χ4v) is 13.7. The molecule has 0 saturated heterocycles. The molecule has 3 heterocycles. The minimum Gasteiger partial charge on any atom is -0.311 e. The molecule has 3 aromatic heterocycles. The van der Waals surface area contributed by atoms with Crippen LogP contribution in [0.2, 0.25) is 0 Å². The van der Waals surface area contributed by atoms with Gasteiger partial charge in [0.15, 0.2) is 52.4 Å². The first-order valence-electron chi connectivity index (χ1n) is 40.0. The third-order valence-corrected chi connectivity index (χ3v) is 21.1. The maximum absolute atomic E-state index is 5.10. The van der Waals surface area contributed by atoms with Crippen molar-refractivity contribution in [2.24, 2.45) is 0 Å². The van der Waals surface area contributed by atoms with Gasteiger partial charge in [0.1, 0.15) is 0 Å². The average Bonchev–Trinajstić information content (AvgIpc) is 0.798. The average molecular weight is 1510 g/mol. The maximum Gasteiger partial charge on any atom is 0.164 e. The molecule has 115 heavy (non-hydrogen) atoms. The molecule has 0 spiro atoms. The first-order chi connectivity index (χ1) is 54.7. The van der Waals surface area contributed by atoms with Gasteiger partial charge in [-0.05, 0) is 136 Å². The number of hydrogen-bond acceptors (Lipinski definition) is 10. The molecule has 0 aliphatic carbocycles. The van der Waals surface area contributed by atoms with E-state index in [2.05, 4.69) is 427 Å². The number of benzene rings is 11. The highest BCUT2D eigenvalue weighted by molar-refractivity contribution is 5.82. The van der Waals surface area contributed by atoms with Gasteiger partial charge in [-0.2, -0.15) is 0 Å². The highest BCUT2D eigenvalue weighted by Gasteiger charge is 2.24. The van der Waals surface area contributed by atoms with Gasteiger partial charge in [0, 0.05) is 61.6 Å². The predicted molar refractivity (Wildman–Crippen MR) is 483 cm³/mol. The van der Waals surface area contributed by atoms with Crippen molar-refractivity contribution in [3.05, 3.63) is 334 Å². The predicted octanol–water partition coefficient (Wildman–Crippen LogP) is 27.3. The standard InChI is InChI=1S/C105H104N10/c1-100(2,3)82-50-38-76(39-51-82)92-106-91(107-93(108-92)77-40-52-83(53-41-77)101(4,5)6)68-33-73-31-66-90(67-32-73)115(88-62-27-71(28-63-88)21-19-69-23-34-74(35-24-69)94-109-96(78-42-54-84(55-43-78)102(7,8)9)113-97(110-94)79-44-56-85(57-45-79)103(10,11)12)89-64-29-72(30-65-89)22-20-70-25-36-75(37-26-70)95-111-98(80-46-58-86(59-47-80)104(13,14)15)114-99(112-95)81-48-60-87(61-49-81)105(16,17)18/h19-68H,1-18H3. The van der Waals surface area contributed by atoms with Gasteiger partial charge in [0.05, 0.1) is 0 Å². The summed E-state index contributed by atoms with van der Waals surface area (Å²) >= 11 is 0. The van der Waals surface area contributed by atoms with Crippen molar-refractivity contribution < 1.29 is 0 Å². The summed E-state index contributed by atoms with van der Waals surface area (Å²) in [5.74, 6) is 5.60. The number of hydrogen-bond donors (Lipinski definition) is 0. The monoisotopic (exact) mass is 1500 g/mol. The summed E-state index contributed by atoms with van der Waals surface area (Å²) in [7, 11) is 0. The number of aromatic nitrogens is 9. The third-order valence-electron chi connectivity index (χ3n) is 21.1. The summed E-state index contributed by atoms with van der Waals surface area (Å²) in [5, 5.41) is 0. The zero-order chi connectivity index (χ0) is 81.2. The highest BCUT2D eigenvalue weighted by Crippen LogP contribution is 2.39. The molecule has 574 valence electrons. The maximum atomic E-state index is 5.10. The van der Waals surface area contributed by atoms with E-state index in [1.807, 2.05) is 6.08 Å². The second-order valence-electron chi connectivity index (χ2n) is 36.3. The Kier molecular flexibility index (Phi) is 22.1. The molecular formula is C105H104N10. The van der Waals surface area contributed by atoms with Crippen LogP contribution in [0.1, 0.15) is 192 Å². The molecule has 0 saturated carbocycles. The molecule has 0 radical (unpaired) electrons. The van der Waals surface area contributed by atoms with E-state index in [0.29, 0.717) is 52.4 Å². The molecule has 0 unspecified atom stereocenters. The highest BCUT2D eigenvalue weighted by atomic mass is 15.1. The fourth-order valence-electron chi connectivity index (χ4n) is 13.7. The van der Waals surface area contributed by atoms with Crippen molar-refractivity contribution in [2.45, 2.75) is 157 Å². The molecular weight excluding hydrogens is 1400 g/mol. The first kappa shape index (κ1) is 79.1. The first-order valence-corrected chi connectivity index (χ1v) is 40.0. The summed E-state index contributed by atoms with van der Waals surface area (Å²) in [4.78, 5) is 48.0. The number of rotatable bonds is 17. The minimum atomic E-state index is 0.00904. The van der Waals surface area contributed by atoms with Gasteiger partial charge >= 0.3 is 0 Å². The van der Waals surface area contributed by atoms with Crippen LogP contribution in [0.3, 0.4) is 0 Å². The lowest BCUT2D eigenvalue weighted by atomic mass is 9.86. The Morgan fingerprint density at radius 3 is 0.470 bits per heavy atom. The molecule has 0 amide bonds. The van der Waals surface area contributed by atoms with Gasteiger partial charge in [-0.1, -0.05) is 386 Å². The Morgan fingerprint density at radius 2 is 0.304 bits per heavy atom. The van der Waals surface area contributed by atoms with E-state index in [9.17, 15) is 0 Å². The second-order valence-corrected chi connectivity index (χ2v) is 36.3. The van der Waals surface area contributed by atoms with Crippen LogP contribution in [-0.4, -0.2) is 44.9 Å². The van der Waals surface area contributed by atoms with Crippen molar-refractivity contribution in [3.8, 4) is 91.1 Å². The number of anilines is 3. The van der Waals surface area contributed by atoms with E-state index in [1.165, 1.54) is 33.4 Å². The Hall–Kier alpha value is -12.5. The topological polar surface area (TPSA) is 119 Å². The van der Waals surface area contributed by atoms with Crippen molar-refractivity contribution >= 4 is 53.5 Å². The number of nitrogens with zero attached hydrogens (tertiary/aromatic N) is 10. The zero-order valence-electron chi connectivity index (χ0n) is 69.8. The van der Waals surface area contributed by atoms with E-state index in [1.54, 1.807) is 0 Å². The molecule has 0 bridgehead atoms. The van der Waals surface area contributed by atoms with Crippen LogP contribution in [-0.2, 0) is 32.5 Å². The van der Waals surface area contributed by atoms with Gasteiger partial charge < -0.3 is 4.90 Å². The summed E-state index contributed by atoms with van der Waals surface area (Å²) < 4.78 is 0. The van der Waals surface area contributed by atoms with Gasteiger partial charge in [0.2, 0.25) is 0 Å². The fraction of sp³-hybridized carbons (Fsp3) is 0.229. The smallest absolute Gasteiger partial charge is 0.164 e. The Morgan fingerprint density at radius 1 is 0.165 bits per heavy atom. The van der Waals surface area contributed by atoms with E-state index in [0.717, 1.165) is 89.4 Å². The molecule has 14 aromatic rings. The van der Waals surface area contributed by atoms with E-state index in [4.69, 9.17) is 44.9 Å². The Labute approximate surface area is 681 Å². The molecule has 11 aromatic carbocycles. The van der Waals surface area contributed by atoms with Crippen molar-refractivity contribution in [3.63, 3.8) is 0 Å². The van der Waals surface area contributed by atoms with Crippen LogP contribution in [0.5, 0.6) is 0 Å². The lowest BCUT2D eigenvalue weighted by Gasteiger charge is -2.26. The van der Waals surface area contributed by atoms with Gasteiger partial charge in [-0.15, -0.1) is 0 Å². The molecule has 14 rings (SSSR count). The van der Waals surface area contributed by atoms with Crippen molar-refractivity contribution in [2.75, 3.05) is 4.90 Å². The van der Waals surface area contributed by atoms with Crippen molar-refractivity contribution in [1.82, 2.24) is 44.9 Å². The molecule has 0 aliphatic rings. The van der Waals surface area contributed by atoms with Crippen LogP contribution in [0.4, 0.5) is 17.1 Å². The zero-order valence-corrected chi connectivity index (χ0v) is 69.8. The van der Waals surface area contributed by atoms with E-state index >= 15 is 0 Å². The van der Waals surface area contributed by atoms with Crippen LogP contribution in [0.15, 0.2) is 267 Å². The molecule has 0 fully saturated rings. The Bertz CT molecular complexity index is 5340. The van der Waals surface area contributed by atoms with Crippen LogP contribution in [0, 0.1) is 0 Å². The molecule has 10 nitrogen and oxygen atoms in total. The van der Waals surface area contributed by atoms with Crippen LogP contribution < -0.4 is 4.90 Å². The molecule has 0 atom stereocenters. The lowest BCUT2D eigenvalue weighted by molar-refractivity contribution is 0.590. The van der Waals surface area contributed by atoms with Gasteiger partial charge in [-0.25, -0.2) is 44.9 Å². The van der Waals surface area contributed by atoms with Crippen LogP contribution in [0.25, 0.3) is 128 Å². The summed E-state index contributed by atoms with van der Waals surface area (Å²) in [6.45, 7) is 40.1. The van der Waals surface area contributed by atoms with E-state index in [-0.39, 0.29) is 32.5 Å². The molecule has 0 N–H and O–H groups in total. The Balaban J connectivity index is 0.747. The summed E-state index contributed by atoms with van der Waals surface area (Å²) in [6.07, 6.45) is 12.7. The second kappa shape index (κ2) is 32.2. The lowest BCUT2D eigenvalue weighted by Crippen LogP contribution is -2.11. The van der Waals surface area contributed by atoms with E-state index < -0.39 is 0 Å². The van der Waals surface area contributed by atoms with Crippen molar-refractivity contribution in [1.29, 1.82) is 0 Å². The van der Waals surface area contributed by atoms with Gasteiger partial charge in [-0.3, -0.25) is 0 Å². The summed E-state index contributed by atoms with van der Waals surface area (Å²) in [5.41, 5.74) is 23.3. The van der Waals surface area contributed by atoms with Crippen LogP contribution >= 0.6 is 0 Å². The SMILES string of the molecule is CC(C)(C)c1ccc(-c2nc(C=Cc3ccc(N(c4ccc(C=Cc5ccc(-c6nc(-c7ccc(C(C)(C)C)cc7)nc(-c7ccc(C(C)(C)C)cc7)n6)cc5)cc4)c4ccc(C=Cc5ccc(-c6nc(-c7ccc(C(C)(C)C)cc7)nc(-c7ccc(C(C)(C)C)cc7)n6)cc5)cc4)cc3)nc(-c3ccc(C(C)(C)C)cc3)n2)cc1. The summed E-state index contributed by atoms with van der Waals surface area (Å²) in [6, 6.07) is 94.5. The largest absolute Gasteiger partial charge is 0.311 e. The minimum absolute atomic E-state index is 0.00904. The molecule has 10 heteroatoms.